The van der Waals surface area contributed by atoms with E-state index in [2.05, 4.69) is 20.9 Å². The second kappa shape index (κ2) is 15.0. The molecule has 1 aromatic heterocycles. The van der Waals surface area contributed by atoms with Gasteiger partial charge in [-0.1, -0.05) is 18.2 Å². The van der Waals surface area contributed by atoms with E-state index in [1.165, 1.54) is 11.8 Å². The molecule has 0 spiro atoms. The maximum absolute atomic E-state index is 13.1. The van der Waals surface area contributed by atoms with Gasteiger partial charge in [0.25, 0.3) is 0 Å². The van der Waals surface area contributed by atoms with Gasteiger partial charge in [0, 0.05) is 29.9 Å². The molecular formula is C24H33N5O8S. The number of carboxylic acids is 2. The monoisotopic (exact) mass is 551 g/mol. The van der Waals surface area contributed by atoms with E-state index >= 15 is 0 Å². The van der Waals surface area contributed by atoms with Crippen LogP contribution in [0.25, 0.3) is 10.9 Å². The molecule has 9 N–H and O–H groups in total. The summed E-state index contributed by atoms with van der Waals surface area (Å²) in [5.41, 5.74) is 7.24. The Morgan fingerprint density at radius 3 is 2.21 bits per heavy atom. The summed E-state index contributed by atoms with van der Waals surface area (Å²) in [5.74, 6) is -4.45. The lowest BCUT2D eigenvalue weighted by Crippen LogP contribution is -2.58. The normalized spacial score (nSPS) is 14.2. The highest BCUT2D eigenvalue weighted by atomic mass is 32.2. The summed E-state index contributed by atoms with van der Waals surface area (Å²) in [6.45, 7) is -0.773. The largest absolute Gasteiger partial charge is 0.481 e. The Balaban J connectivity index is 2.24. The predicted molar refractivity (Wildman–Crippen MR) is 140 cm³/mol. The van der Waals surface area contributed by atoms with E-state index in [0.717, 1.165) is 10.9 Å². The van der Waals surface area contributed by atoms with Gasteiger partial charge < -0.3 is 42.0 Å². The third kappa shape index (κ3) is 9.04. The van der Waals surface area contributed by atoms with Gasteiger partial charge in [0.15, 0.2) is 0 Å². The van der Waals surface area contributed by atoms with E-state index in [0.29, 0.717) is 17.7 Å². The van der Waals surface area contributed by atoms with Crippen molar-refractivity contribution in [3.8, 4) is 0 Å². The summed E-state index contributed by atoms with van der Waals surface area (Å²) in [5, 5.41) is 36.0. The number of hydrogen-bond acceptors (Lipinski definition) is 8. The number of para-hydroxylation sites is 1. The van der Waals surface area contributed by atoms with Crippen LogP contribution in [-0.2, 0) is 30.4 Å². The topological polar surface area (TPSA) is 224 Å². The zero-order chi connectivity index (χ0) is 28.2. The molecule has 2 rings (SSSR count). The number of aliphatic hydroxyl groups excluding tert-OH is 1. The number of aliphatic carboxylic acids is 2. The average Bonchev–Trinajstić information content (AvgIpc) is 3.29. The molecule has 13 nitrogen and oxygen atoms in total. The molecule has 208 valence electrons. The van der Waals surface area contributed by atoms with Crippen molar-refractivity contribution >= 4 is 52.3 Å². The molecule has 0 saturated carbocycles. The molecule has 0 fully saturated rings. The number of nitrogens with one attached hydrogen (secondary N) is 4. The van der Waals surface area contributed by atoms with Crippen LogP contribution in [0.1, 0.15) is 24.8 Å². The maximum atomic E-state index is 13.1. The van der Waals surface area contributed by atoms with Gasteiger partial charge in [0.1, 0.15) is 18.1 Å². The number of aliphatic hydroxyl groups is 1. The van der Waals surface area contributed by atoms with Crippen LogP contribution >= 0.6 is 11.8 Å². The van der Waals surface area contributed by atoms with E-state index in [4.69, 9.17) is 10.8 Å². The summed E-state index contributed by atoms with van der Waals surface area (Å²) >= 11 is 1.49. The smallest absolute Gasteiger partial charge is 0.326 e. The minimum Gasteiger partial charge on any atom is -0.481 e. The van der Waals surface area contributed by atoms with Crippen LogP contribution < -0.4 is 21.7 Å². The number of benzene rings is 1. The van der Waals surface area contributed by atoms with Crippen molar-refractivity contribution in [2.45, 2.75) is 49.9 Å². The van der Waals surface area contributed by atoms with Crippen LogP contribution in [0.5, 0.6) is 0 Å². The first kappa shape index (κ1) is 30.6. The Morgan fingerprint density at radius 1 is 0.947 bits per heavy atom. The molecule has 0 aliphatic heterocycles. The predicted octanol–water partition coefficient (Wildman–Crippen LogP) is -0.813. The fourth-order valence-electron chi connectivity index (χ4n) is 3.65. The van der Waals surface area contributed by atoms with E-state index in [1.54, 1.807) is 18.3 Å². The highest BCUT2D eigenvalue weighted by molar-refractivity contribution is 7.98. The Kier molecular flexibility index (Phi) is 12.0. The van der Waals surface area contributed by atoms with Crippen LogP contribution in [0.15, 0.2) is 30.5 Å². The van der Waals surface area contributed by atoms with E-state index in [-0.39, 0.29) is 12.8 Å². The van der Waals surface area contributed by atoms with Crippen LogP contribution in [0.3, 0.4) is 0 Å². The van der Waals surface area contributed by atoms with Gasteiger partial charge >= 0.3 is 11.9 Å². The SMILES string of the molecule is CSCCC(N)C(=O)NC(CO)C(=O)NC(Cc1c[nH]c2ccccc12)C(=O)NC(CCC(=O)O)C(=O)O. The molecule has 3 amide bonds. The summed E-state index contributed by atoms with van der Waals surface area (Å²) in [7, 11) is 0. The number of carbonyl (C=O) groups excluding carboxylic acids is 3. The molecule has 0 aliphatic rings. The van der Waals surface area contributed by atoms with E-state index in [9.17, 15) is 34.2 Å². The van der Waals surface area contributed by atoms with Crippen LogP contribution in [0.2, 0.25) is 0 Å². The molecule has 4 atom stereocenters. The minimum atomic E-state index is -1.51. The number of H-pyrrole nitrogens is 1. The molecule has 1 aromatic carbocycles. The maximum Gasteiger partial charge on any atom is 0.326 e. The van der Waals surface area contributed by atoms with Crippen LogP contribution in [0.4, 0.5) is 0 Å². The molecular weight excluding hydrogens is 518 g/mol. The van der Waals surface area contributed by atoms with E-state index < -0.39 is 66.9 Å². The highest BCUT2D eigenvalue weighted by Gasteiger charge is 2.31. The summed E-state index contributed by atoms with van der Waals surface area (Å²) in [6.07, 6.45) is 2.92. The molecule has 0 aliphatic carbocycles. The van der Waals surface area contributed by atoms with Crippen molar-refractivity contribution in [2.75, 3.05) is 18.6 Å². The first-order valence-electron chi connectivity index (χ1n) is 11.8. The molecule has 0 saturated heterocycles. The number of hydrogen-bond donors (Lipinski definition) is 8. The number of rotatable bonds is 16. The number of amides is 3. The van der Waals surface area contributed by atoms with Gasteiger partial charge in [0.05, 0.1) is 12.6 Å². The number of carboxylic acid groups (broad SMARTS) is 2. The van der Waals surface area contributed by atoms with Gasteiger partial charge in [0.2, 0.25) is 17.7 Å². The van der Waals surface area contributed by atoms with Crippen molar-refractivity contribution in [3.05, 3.63) is 36.0 Å². The van der Waals surface area contributed by atoms with Crippen molar-refractivity contribution in [2.24, 2.45) is 5.73 Å². The first-order valence-corrected chi connectivity index (χ1v) is 13.2. The number of carbonyl (C=O) groups is 5. The molecule has 0 bridgehead atoms. The molecule has 2 aromatic rings. The van der Waals surface area contributed by atoms with Crippen LogP contribution in [-0.4, -0.2) is 92.7 Å². The first-order chi connectivity index (χ1) is 18.1. The summed E-state index contributed by atoms with van der Waals surface area (Å²) in [6, 6.07) is 2.08. The lowest BCUT2D eigenvalue weighted by molar-refractivity contribution is -0.143. The van der Waals surface area contributed by atoms with Gasteiger partial charge in [-0.15, -0.1) is 0 Å². The highest BCUT2D eigenvalue weighted by Crippen LogP contribution is 2.19. The van der Waals surface area contributed by atoms with E-state index in [1.807, 2.05) is 18.4 Å². The Bertz CT molecular complexity index is 1140. The summed E-state index contributed by atoms with van der Waals surface area (Å²) < 4.78 is 0. The van der Waals surface area contributed by atoms with Gasteiger partial charge in [-0.3, -0.25) is 19.2 Å². The Hall–Kier alpha value is -3.62. The van der Waals surface area contributed by atoms with Crippen molar-refractivity contribution in [3.63, 3.8) is 0 Å². The van der Waals surface area contributed by atoms with Crippen molar-refractivity contribution in [1.29, 1.82) is 0 Å². The third-order valence-corrected chi connectivity index (χ3v) is 6.42. The fraction of sp³-hybridized carbons (Fsp3) is 0.458. The standard InChI is InChI=1S/C24H33N5O8S/c1-38-9-8-15(25)21(33)29-19(12-30)23(35)28-18(10-13-11-26-16-5-3-2-4-14(13)16)22(34)27-17(24(36)37)6-7-20(31)32/h2-5,11,15,17-19,26,30H,6-10,12,25H2,1H3,(H,27,34)(H,28,35)(H,29,33)(H,31,32)(H,36,37). The number of fused-ring (bicyclic) bond motifs is 1. The number of nitrogens with two attached hydrogens (primary N) is 1. The number of thioether (sulfide) groups is 1. The van der Waals surface area contributed by atoms with Crippen LogP contribution in [0, 0.1) is 0 Å². The Labute approximate surface area is 222 Å². The average molecular weight is 552 g/mol. The number of aromatic amines is 1. The fourth-order valence-corrected chi connectivity index (χ4v) is 4.14. The second-order valence-corrected chi connectivity index (χ2v) is 9.57. The molecule has 14 heteroatoms. The van der Waals surface area contributed by atoms with Crippen molar-refractivity contribution in [1.82, 2.24) is 20.9 Å². The molecule has 38 heavy (non-hydrogen) atoms. The quantitative estimate of drug-likeness (QED) is 0.129. The lowest BCUT2D eigenvalue weighted by Gasteiger charge is -2.24. The molecule has 1 heterocycles. The lowest BCUT2D eigenvalue weighted by atomic mass is 10.0. The third-order valence-electron chi connectivity index (χ3n) is 5.78. The second-order valence-electron chi connectivity index (χ2n) is 8.59. The van der Waals surface area contributed by atoms with Crippen molar-refractivity contribution < 1.29 is 39.3 Å². The van der Waals surface area contributed by atoms with Gasteiger partial charge in [-0.25, -0.2) is 4.79 Å². The zero-order valence-corrected chi connectivity index (χ0v) is 21.6. The van der Waals surface area contributed by atoms with Gasteiger partial charge in [-0.2, -0.15) is 11.8 Å². The number of aromatic nitrogens is 1. The summed E-state index contributed by atoms with van der Waals surface area (Å²) in [4.78, 5) is 64.0. The molecule has 0 radical (unpaired) electrons. The van der Waals surface area contributed by atoms with Gasteiger partial charge in [-0.05, 0) is 36.5 Å². The zero-order valence-electron chi connectivity index (χ0n) is 20.8. The molecule has 4 unspecified atom stereocenters. The minimum absolute atomic E-state index is 0.0633. The Morgan fingerprint density at radius 2 is 1.58 bits per heavy atom.